The van der Waals surface area contributed by atoms with Crippen molar-refractivity contribution >= 4 is 28.5 Å². The van der Waals surface area contributed by atoms with E-state index in [-0.39, 0.29) is 0 Å². The number of hydrogen-bond donors (Lipinski definition) is 0. The summed E-state index contributed by atoms with van der Waals surface area (Å²) >= 11 is 6.38. The molecular weight excluding hydrogens is 512 g/mol. The number of hydroxylamine groups is 2. The Kier molecular flexibility index (Phi) is 6.81. The maximum atomic E-state index is 12.5. The minimum absolute atomic E-state index is 0.291. The third kappa shape index (κ3) is 5.38. The van der Waals surface area contributed by atoms with Crippen LogP contribution in [0.1, 0.15) is 81.1 Å². The first-order valence-electron chi connectivity index (χ1n) is 13.6. The van der Waals surface area contributed by atoms with Gasteiger partial charge in [-0.2, -0.15) is 0 Å². The molecule has 0 unspecified atom stereocenters. The van der Waals surface area contributed by atoms with Gasteiger partial charge in [-0.1, -0.05) is 54.1 Å². The lowest BCUT2D eigenvalue weighted by molar-refractivity contribution is -0.155. The van der Waals surface area contributed by atoms with Crippen LogP contribution in [0.15, 0.2) is 60.7 Å². The average Bonchev–Trinajstić information content (AvgIpc) is 3.24. The highest BCUT2D eigenvalue weighted by Gasteiger charge is 2.32. The van der Waals surface area contributed by atoms with E-state index in [1.807, 2.05) is 39.0 Å². The number of fused-ring (bicyclic) bond motifs is 4. The normalized spacial score (nSPS) is 19.7. The Bertz CT molecular complexity index is 1510. The van der Waals surface area contributed by atoms with Gasteiger partial charge in [-0.15, -0.1) is 15.3 Å². The van der Waals surface area contributed by atoms with Crippen LogP contribution in [0, 0.1) is 0 Å². The molecule has 8 heteroatoms. The Morgan fingerprint density at radius 2 is 1.67 bits per heavy atom. The summed E-state index contributed by atoms with van der Waals surface area (Å²) in [7, 11) is 0. The van der Waals surface area contributed by atoms with Crippen molar-refractivity contribution in [2.24, 2.45) is 0 Å². The summed E-state index contributed by atoms with van der Waals surface area (Å²) in [5.74, 6) is 2.51. The van der Waals surface area contributed by atoms with Gasteiger partial charge >= 0.3 is 6.16 Å². The van der Waals surface area contributed by atoms with Crippen molar-refractivity contribution in [1.82, 2.24) is 19.8 Å². The first kappa shape index (κ1) is 25.8. The highest BCUT2D eigenvalue weighted by atomic mass is 35.5. The van der Waals surface area contributed by atoms with Gasteiger partial charge in [0.05, 0.1) is 18.8 Å². The molecule has 0 N–H and O–H groups in total. The van der Waals surface area contributed by atoms with Gasteiger partial charge in [-0.3, -0.25) is 4.57 Å². The van der Waals surface area contributed by atoms with Crippen LogP contribution in [0.3, 0.4) is 0 Å². The fourth-order valence-electron chi connectivity index (χ4n) is 5.97. The summed E-state index contributed by atoms with van der Waals surface area (Å²) in [5, 5.41) is 14.1. The van der Waals surface area contributed by atoms with E-state index in [0.29, 0.717) is 29.9 Å². The zero-order valence-electron chi connectivity index (χ0n) is 22.6. The fourth-order valence-corrected chi connectivity index (χ4v) is 6.16. The summed E-state index contributed by atoms with van der Waals surface area (Å²) in [6.45, 7) is 6.09. The molecule has 2 heterocycles. The molecule has 4 aromatic rings. The Hall–Kier alpha value is -3.42. The van der Waals surface area contributed by atoms with Crippen LogP contribution in [0.4, 0.5) is 4.79 Å². The summed E-state index contributed by atoms with van der Waals surface area (Å²) in [6.07, 6.45) is 3.52. The lowest BCUT2D eigenvalue weighted by Gasteiger charge is -2.29. The predicted molar refractivity (Wildman–Crippen MR) is 151 cm³/mol. The first-order chi connectivity index (χ1) is 18.7. The van der Waals surface area contributed by atoms with Crippen LogP contribution in [0.2, 0.25) is 5.02 Å². The lowest BCUT2D eigenvalue weighted by Crippen LogP contribution is -2.31. The van der Waals surface area contributed by atoms with Crippen LogP contribution in [0.25, 0.3) is 16.5 Å². The van der Waals surface area contributed by atoms with Crippen molar-refractivity contribution < 1.29 is 14.4 Å². The second-order valence-electron chi connectivity index (χ2n) is 11.6. The van der Waals surface area contributed by atoms with Crippen molar-refractivity contribution in [3.8, 4) is 5.69 Å². The third-order valence-electron chi connectivity index (χ3n) is 7.65. The summed E-state index contributed by atoms with van der Waals surface area (Å²) in [6, 6.07) is 21.1. The van der Waals surface area contributed by atoms with Gasteiger partial charge in [0.1, 0.15) is 11.4 Å². The number of carbonyl (C=O) groups excluding carboxylic acids is 1. The van der Waals surface area contributed by atoms with Crippen molar-refractivity contribution in [3.05, 3.63) is 88.5 Å². The average molecular weight is 545 g/mol. The third-order valence-corrected chi connectivity index (χ3v) is 7.89. The molecule has 1 saturated carbocycles. The van der Waals surface area contributed by atoms with Gasteiger partial charge in [0.25, 0.3) is 0 Å². The number of nitrogens with zero attached hydrogens (tertiary/aromatic N) is 4. The Morgan fingerprint density at radius 3 is 2.46 bits per heavy atom. The zero-order valence-corrected chi connectivity index (χ0v) is 23.3. The van der Waals surface area contributed by atoms with Crippen LogP contribution in [0.5, 0.6) is 0 Å². The topological polar surface area (TPSA) is 69.5 Å². The summed E-state index contributed by atoms with van der Waals surface area (Å²) in [5.41, 5.74) is 2.71. The van der Waals surface area contributed by atoms with Crippen LogP contribution in [-0.4, -0.2) is 31.6 Å². The van der Waals surface area contributed by atoms with E-state index in [2.05, 4.69) is 57.2 Å². The summed E-state index contributed by atoms with van der Waals surface area (Å²) < 4.78 is 7.53. The molecule has 0 spiro atoms. The minimum atomic E-state index is -0.744. The molecule has 0 amide bonds. The molecule has 6 rings (SSSR count). The van der Waals surface area contributed by atoms with E-state index < -0.39 is 11.8 Å². The lowest BCUT2D eigenvalue weighted by atomic mass is 9.77. The highest BCUT2D eigenvalue weighted by molar-refractivity contribution is 6.30. The van der Waals surface area contributed by atoms with Gasteiger partial charge in [0.2, 0.25) is 0 Å². The SMILES string of the molecule is CC(C)(C)OC(=O)ON1Cc2cc(Cl)ccc2-n2c(nnc2C2CCC(c3cccc4ccccc34)CC2)C1. The molecule has 0 bridgehead atoms. The quantitative estimate of drug-likeness (QED) is 0.246. The fraction of sp³-hybridized carbons (Fsp3) is 0.387. The zero-order chi connectivity index (χ0) is 27.1. The molecule has 7 nitrogen and oxygen atoms in total. The largest absolute Gasteiger partial charge is 0.528 e. The van der Waals surface area contributed by atoms with Gasteiger partial charge < -0.3 is 9.57 Å². The molecule has 1 fully saturated rings. The number of benzene rings is 3. The Labute approximate surface area is 233 Å². The van der Waals surface area contributed by atoms with E-state index in [4.69, 9.17) is 21.2 Å². The molecule has 1 aliphatic heterocycles. The second kappa shape index (κ2) is 10.3. The van der Waals surface area contributed by atoms with Crippen molar-refractivity contribution in [1.29, 1.82) is 0 Å². The number of rotatable bonds is 3. The Morgan fingerprint density at radius 1 is 0.923 bits per heavy atom. The van der Waals surface area contributed by atoms with Gasteiger partial charge in [0.15, 0.2) is 5.82 Å². The summed E-state index contributed by atoms with van der Waals surface area (Å²) in [4.78, 5) is 18.1. The molecule has 0 radical (unpaired) electrons. The van der Waals surface area contributed by atoms with Crippen molar-refractivity contribution in [2.75, 3.05) is 0 Å². The number of ether oxygens (including phenoxy) is 1. The first-order valence-corrected chi connectivity index (χ1v) is 14.0. The smallest absolute Gasteiger partial charge is 0.427 e. The predicted octanol–water partition coefficient (Wildman–Crippen LogP) is 7.70. The molecule has 1 aromatic heterocycles. The number of halogens is 1. The van der Waals surface area contributed by atoms with Gasteiger partial charge in [-0.25, -0.2) is 4.79 Å². The molecule has 202 valence electrons. The molecule has 2 aliphatic rings. The Balaban J connectivity index is 1.26. The number of hydrogen-bond acceptors (Lipinski definition) is 6. The highest BCUT2D eigenvalue weighted by Crippen LogP contribution is 2.43. The monoisotopic (exact) mass is 544 g/mol. The van der Waals surface area contributed by atoms with E-state index in [1.54, 1.807) is 5.06 Å². The van der Waals surface area contributed by atoms with Gasteiger partial charge in [-0.05, 0) is 92.5 Å². The van der Waals surface area contributed by atoms with Crippen LogP contribution in [-0.2, 0) is 22.7 Å². The van der Waals surface area contributed by atoms with E-state index in [1.165, 1.54) is 16.3 Å². The van der Waals surface area contributed by atoms with E-state index >= 15 is 0 Å². The second-order valence-corrected chi connectivity index (χ2v) is 12.0. The van der Waals surface area contributed by atoms with Crippen molar-refractivity contribution in [2.45, 2.75) is 77.0 Å². The molecule has 39 heavy (non-hydrogen) atoms. The van der Waals surface area contributed by atoms with Gasteiger partial charge in [0, 0.05) is 10.9 Å². The molecule has 0 saturated heterocycles. The standard InChI is InChI=1S/C31H33ClN4O3/c1-31(2,3)38-30(37)39-35-18-23-17-24(32)15-16-27(23)36-28(19-35)33-34-29(36)22-13-11-21(12-14-22)26-10-6-8-20-7-4-5-9-25(20)26/h4-10,15-17,21-22H,11-14,18-19H2,1-3H3. The molecule has 1 aliphatic carbocycles. The molecule has 0 atom stereocenters. The minimum Gasteiger partial charge on any atom is -0.427 e. The van der Waals surface area contributed by atoms with E-state index in [0.717, 1.165) is 48.6 Å². The number of aromatic nitrogens is 3. The van der Waals surface area contributed by atoms with Crippen LogP contribution < -0.4 is 0 Å². The number of carbonyl (C=O) groups is 1. The maximum absolute atomic E-state index is 12.5. The molecule has 3 aromatic carbocycles. The maximum Gasteiger partial charge on any atom is 0.528 e. The molecular formula is C31H33ClN4O3. The van der Waals surface area contributed by atoms with E-state index in [9.17, 15) is 4.79 Å². The van der Waals surface area contributed by atoms with Crippen LogP contribution >= 0.6 is 11.6 Å². The van der Waals surface area contributed by atoms with Crippen molar-refractivity contribution in [3.63, 3.8) is 0 Å².